The van der Waals surface area contributed by atoms with Gasteiger partial charge < -0.3 is 23.7 Å². The number of rotatable bonds is 9. The third-order valence-electron chi connectivity index (χ3n) is 6.06. The van der Waals surface area contributed by atoms with Gasteiger partial charge in [-0.25, -0.2) is 9.79 Å². The van der Waals surface area contributed by atoms with Gasteiger partial charge in [0.25, 0.3) is 5.56 Å². The molecule has 0 saturated heterocycles. The number of benzene rings is 2. The fraction of sp³-hybridized carbons (Fsp3) is 0.310. The van der Waals surface area contributed by atoms with Gasteiger partial charge in [0.15, 0.2) is 27.8 Å². The summed E-state index contributed by atoms with van der Waals surface area (Å²) in [6.45, 7) is 7.11. The number of ether oxygens (including phenoxy) is 5. The highest BCUT2D eigenvalue weighted by atomic mass is 32.1. The van der Waals surface area contributed by atoms with E-state index in [2.05, 4.69) is 4.99 Å². The second-order valence-corrected chi connectivity index (χ2v) is 9.66. The van der Waals surface area contributed by atoms with Crippen molar-refractivity contribution in [2.45, 2.75) is 33.7 Å². The molecule has 0 radical (unpaired) electrons. The first-order chi connectivity index (χ1) is 19.2. The van der Waals surface area contributed by atoms with Gasteiger partial charge in [0.05, 0.1) is 49.3 Å². The van der Waals surface area contributed by atoms with Crippen LogP contribution in [-0.4, -0.2) is 43.9 Å². The van der Waals surface area contributed by atoms with Crippen LogP contribution in [0.3, 0.4) is 0 Å². The highest BCUT2D eigenvalue weighted by Gasteiger charge is 2.34. The molecule has 1 aliphatic heterocycles. The zero-order valence-electron chi connectivity index (χ0n) is 23.1. The van der Waals surface area contributed by atoms with Crippen LogP contribution in [0.2, 0.25) is 0 Å². The SMILES string of the molecule is CCOC(=O)C1=C(C)N=c2s/c(=C\c3ccc(OC(C)=O)c(OCC)c3)c(=O)n2[C@H]1c1ccc(OC)c(OC)c1. The monoisotopic (exact) mass is 566 g/mol. The molecule has 40 heavy (non-hydrogen) atoms. The Labute approximate surface area is 234 Å². The molecule has 10 nitrogen and oxygen atoms in total. The molecule has 1 aromatic heterocycles. The highest BCUT2D eigenvalue weighted by molar-refractivity contribution is 7.07. The Morgan fingerprint density at radius 1 is 1.00 bits per heavy atom. The van der Waals surface area contributed by atoms with Crippen molar-refractivity contribution in [3.63, 3.8) is 0 Å². The van der Waals surface area contributed by atoms with Crippen molar-refractivity contribution < 1.29 is 33.3 Å². The molecule has 0 saturated carbocycles. The minimum Gasteiger partial charge on any atom is -0.493 e. The summed E-state index contributed by atoms with van der Waals surface area (Å²) in [5.41, 5.74) is 1.67. The average molecular weight is 567 g/mol. The van der Waals surface area contributed by atoms with Gasteiger partial charge in [0.2, 0.25) is 0 Å². The molecule has 11 heteroatoms. The van der Waals surface area contributed by atoms with Crippen molar-refractivity contribution >= 4 is 29.4 Å². The highest BCUT2D eigenvalue weighted by Crippen LogP contribution is 2.36. The predicted molar refractivity (Wildman–Crippen MR) is 149 cm³/mol. The molecule has 0 amide bonds. The summed E-state index contributed by atoms with van der Waals surface area (Å²) in [5.74, 6) is 0.611. The van der Waals surface area contributed by atoms with Crippen LogP contribution in [0.1, 0.15) is 44.9 Å². The van der Waals surface area contributed by atoms with E-state index in [1.807, 2.05) is 6.92 Å². The largest absolute Gasteiger partial charge is 0.493 e. The molecule has 0 spiro atoms. The normalized spacial score (nSPS) is 14.8. The zero-order chi connectivity index (χ0) is 29.0. The molecule has 0 bridgehead atoms. The molecule has 0 fully saturated rings. The first kappa shape index (κ1) is 28.6. The summed E-state index contributed by atoms with van der Waals surface area (Å²) in [5, 5.41) is 0. The number of aromatic nitrogens is 1. The minimum absolute atomic E-state index is 0.171. The number of thiazole rings is 1. The van der Waals surface area contributed by atoms with Gasteiger partial charge in [-0.2, -0.15) is 0 Å². The van der Waals surface area contributed by atoms with Gasteiger partial charge in [0, 0.05) is 6.92 Å². The Morgan fingerprint density at radius 3 is 2.38 bits per heavy atom. The maximum Gasteiger partial charge on any atom is 0.338 e. The predicted octanol–water partition coefficient (Wildman–Crippen LogP) is 3.14. The number of allylic oxidation sites excluding steroid dienone is 1. The molecule has 2 aromatic carbocycles. The van der Waals surface area contributed by atoms with Gasteiger partial charge in [-0.05, 0) is 62.2 Å². The van der Waals surface area contributed by atoms with E-state index >= 15 is 0 Å². The Morgan fingerprint density at radius 2 is 1.73 bits per heavy atom. The minimum atomic E-state index is -0.803. The number of hydrogen-bond acceptors (Lipinski definition) is 10. The Hall–Kier alpha value is -4.38. The Balaban J connectivity index is 1.91. The molecule has 1 atom stereocenters. The smallest absolute Gasteiger partial charge is 0.338 e. The van der Waals surface area contributed by atoms with Crippen molar-refractivity contribution in [2.75, 3.05) is 27.4 Å². The van der Waals surface area contributed by atoms with Crippen molar-refractivity contribution in [3.8, 4) is 23.0 Å². The van der Waals surface area contributed by atoms with E-state index in [1.54, 1.807) is 56.3 Å². The maximum absolute atomic E-state index is 13.9. The van der Waals surface area contributed by atoms with Crippen LogP contribution < -0.4 is 33.8 Å². The van der Waals surface area contributed by atoms with Gasteiger partial charge in [-0.3, -0.25) is 14.2 Å². The van der Waals surface area contributed by atoms with Gasteiger partial charge in [0.1, 0.15) is 0 Å². The number of fused-ring (bicyclic) bond motifs is 1. The molecule has 2 heterocycles. The summed E-state index contributed by atoms with van der Waals surface area (Å²) in [7, 11) is 3.05. The van der Waals surface area contributed by atoms with Crippen LogP contribution in [0.4, 0.5) is 0 Å². The molecule has 4 rings (SSSR count). The van der Waals surface area contributed by atoms with E-state index in [0.29, 0.717) is 50.0 Å². The number of carbonyl (C=O) groups is 2. The first-order valence-corrected chi connectivity index (χ1v) is 13.4. The van der Waals surface area contributed by atoms with Crippen LogP contribution in [0.15, 0.2) is 57.5 Å². The summed E-state index contributed by atoms with van der Waals surface area (Å²) in [6.07, 6.45) is 1.71. The van der Waals surface area contributed by atoms with E-state index in [0.717, 1.165) is 0 Å². The molecule has 0 N–H and O–H groups in total. The van der Waals surface area contributed by atoms with Crippen LogP contribution in [-0.2, 0) is 14.3 Å². The fourth-order valence-corrected chi connectivity index (χ4v) is 5.45. The lowest BCUT2D eigenvalue weighted by atomic mass is 9.95. The lowest BCUT2D eigenvalue weighted by Gasteiger charge is -2.25. The molecular formula is C29H30N2O8S. The molecule has 3 aromatic rings. The summed E-state index contributed by atoms with van der Waals surface area (Å²) in [6, 6.07) is 9.47. The molecule has 0 aliphatic carbocycles. The summed E-state index contributed by atoms with van der Waals surface area (Å²) in [4.78, 5) is 43.5. The van der Waals surface area contributed by atoms with E-state index in [9.17, 15) is 14.4 Å². The topological polar surface area (TPSA) is 115 Å². The number of methoxy groups -OCH3 is 2. The molecule has 210 valence electrons. The van der Waals surface area contributed by atoms with Crippen LogP contribution in [0, 0.1) is 0 Å². The molecule has 1 aliphatic rings. The second kappa shape index (κ2) is 12.2. The van der Waals surface area contributed by atoms with Crippen LogP contribution >= 0.6 is 11.3 Å². The lowest BCUT2D eigenvalue weighted by Crippen LogP contribution is -2.39. The number of esters is 2. The summed E-state index contributed by atoms with van der Waals surface area (Å²) >= 11 is 1.20. The second-order valence-electron chi connectivity index (χ2n) is 8.65. The fourth-order valence-electron chi connectivity index (χ4n) is 4.40. The van der Waals surface area contributed by atoms with Gasteiger partial charge in [-0.1, -0.05) is 23.5 Å². The van der Waals surface area contributed by atoms with Crippen LogP contribution in [0.25, 0.3) is 6.08 Å². The van der Waals surface area contributed by atoms with E-state index in [1.165, 1.54) is 37.0 Å². The zero-order valence-corrected chi connectivity index (χ0v) is 23.9. The standard InChI is InChI=1S/C29H30N2O8S/c1-7-37-23-13-18(9-11-21(23)39-17(4)32)14-24-27(33)31-26(19-10-12-20(35-5)22(15-19)36-6)25(28(34)38-8-2)16(3)30-29(31)40-24/h9-15,26H,7-8H2,1-6H3/b24-14-/t26-/m0/s1. The van der Waals surface area contributed by atoms with Crippen molar-refractivity contribution in [2.24, 2.45) is 4.99 Å². The van der Waals surface area contributed by atoms with Crippen molar-refractivity contribution in [1.29, 1.82) is 0 Å². The van der Waals surface area contributed by atoms with Crippen molar-refractivity contribution in [1.82, 2.24) is 4.57 Å². The molecular weight excluding hydrogens is 536 g/mol. The number of nitrogens with zero attached hydrogens (tertiary/aromatic N) is 2. The maximum atomic E-state index is 13.9. The Kier molecular flexibility index (Phi) is 8.73. The number of hydrogen-bond donors (Lipinski definition) is 0. The van der Waals surface area contributed by atoms with Gasteiger partial charge >= 0.3 is 11.9 Å². The summed E-state index contributed by atoms with van der Waals surface area (Å²) < 4.78 is 29.0. The third kappa shape index (κ3) is 5.64. The van der Waals surface area contributed by atoms with Crippen molar-refractivity contribution in [3.05, 3.63) is 78.5 Å². The van der Waals surface area contributed by atoms with E-state index < -0.39 is 18.0 Å². The average Bonchev–Trinajstić information content (AvgIpc) is 3.22. The van der Waals surface area contributed by atoms with E-state index in [-0.39, 0.29) is 23.5 Å². The Bertz CT molecular complexity index is 1670. The molecule has 0 unspecified atom stereocenters. The number of carbonyl (C=O) groups excluding carboxylic acids is 2. The lowest BCUT2D eigenvalue weighted by molar-refractivity contribution is -0.139. The quantitative estimate of drug-likeness (QED) is 0.287. The first-order valence-electron chi connectivity index (χ1n) is 12.6. The van der Waals surface area contributed by atoms with E-state index in [4.69, 9.17) is 23.7 Å². The third-order valence-corrected chi connectivity index (χ3v) is 7.04. The van der Waals surface area contributed by atoms with Crippen LogP contribution in [0.5, 0.6) is 23.0 Å². The van der Waals surface area contributed by atoms with Gasteiger partial charge in [-0.15, -0.1) is 0 Å².